The molecule has 1 fully saturated rings. The molecule has 1 saturated carbocycles. The number of urea groups is 1. The molecule has 0 spiro atoms. The molecule has 3 N–H and O–H groups in total. The first-order valence-corrected chi connectivity index (χ1v) is 10.1. The van der Waals surface area contributed by atoms with Crippen molar-refractivity contribution < 1.29 is 19.1 Å². The van der Waals surface area contributed by atoms with Crippen molar-refractivity contribution in [1.29, 1.82) is 0 Å². The van der Waals surface area contributed by atoms with Gasteiger partial charge < -0.3 is 25.4 Å². The molecule has 1 aliphatic rings. The van der Waals surface area contributed by atoms with Crippen LogP contribution in [-0.2, 0) is 4.79 Å². The van der Waals surface area contributed by atoms with Gasteiger partial charge in [-0.05, 0) is 56.5 Å². The standard InChI is InChI=1S/C23H29N3O4/c1-14(16-7-9-18(10-8-16)26-22(27)17-5-6-17)24-23(28)25-15(2)20-12-11-19(29-3)13-21(20)30-4/h7-15,17H,5-6H2,1-4H3,(H,26,27)(H2,24,25,28). The highest BCUT2D eigenvalue weighted by Gasteiger charge is 2.29. The van der Waals surface area contributed by atoms with E-state index in [9.17, 15) is 9.59 Å². The van der Waals surface area contributed by atoms with Crippen molar-refractivity contribution >= 4 is 17.6 Å². The lowest BCUT2D eigenvalue weighted by molar-refractivity contribution is -0.117. The van der Waals surface area contributed by atoms with E-state index in [0.29, 0.717) is 11.5 Å². The predicted octanol–water partition coefficient (Wildman–Crippen LogP) is 4.17. The Balaban J connectivity index is 1.55. The highest BCUT2D eigenvalue weighted by molar-refractivity contribution is 5.94. The van der Waals surface area contributed by atoms with E-state index in [1.807, 2.05) is 50.2 Å². The minimum absolute atomic E-state index is 0.0799. The SMILES string of the molecule is COc1ccc(C(C)NC(=O)NC(C)c2ccc(NC(=O)C3CC3)cc2)c(OC)c1. The fourth-order valence-electron chi connectivity index (χ4n) is 3.22. The zero-order valence-electron chi connectivity index (χ0n) is 17.8. The summed E-state index contributed by atoms with van der Waals surface area (Å²) >= 11 is 0. The van der Waals surface area contributed by atoms with Crippen molar-refractivity contribution in [1.82, 2.24) is 10.6 Å². The molecular formula is C23H29N3O4. The smallest absolute Gasteiger partial charge is 0.315 e. The topological polar surface area (TPSA) is 88.7 Å². The molecule has 2 aromatic carbocycles. The molecule has 7 heteroatoms. The molecule has 2 unspecified atom stereocenters. The van der Waals surface area contributed by atoms with Crippen molar-refractivity contribution in [3.63, 3.8) is 0 Å². The molecule has 0 aliphatic heterocycles. The summed E-state index contributed by atoms with van der Waals surface area (Å²) in [6.45, 7) is 3.81. The lowest BCUT2D eigenvalue weighted by Crippen LogP contribution is -2.38. The Morgan fingerprint density at radius 3 is 2.20 bits per heavy atom. The first-order valence-electron chi connectivity index (χ1n) is 10.1. The van der Waals surface area contributed by atoms with Gasteiger partial charge >= 0.3 is 6.03 Å². The number of anilines is 1. The summed E-state index contributed by atoms with van der Waals surface area (Å²) in [7, 11) is 3.18. The van der Waals surface area contributed by atoms with Crippen LogP contribution in [0.3, 0.4) is 0 Å². The number of nitrogens with one attached hydrogen (secondary N) is 3. The summed E-state index contributed by atoms with van der Waals surface area (Å²) < 4.78 is 10.6. The first kappa shape index (κ1) is 21.5. The Kier molecular flexibility index (Phi) is 6.82. The predicted molar refractivity (Wildman–Crippen MR) is 116 cm³/mol. The second kappa shape index (κ2) is 9.52. The van der Waals surface area contributed by atoms with Gasteiger partial charge in [0.05, 0.1) is 26.3 Å². The molecule has 2 aromatic rings. The molecule has 3 rings (SSSR count). The van der Waals surface area contributed by atoms with Gasteiger partial charge in [0.15, 0.2) is 0 Å². The molecule has 160 valence electrons. The summed E-state index contributed by atoms with van der Waals surface area (Å²) in [5, 5.41) is 8.80. The van der Waals surface area contributed by atoms with Gasteiger partial charge in [-0.1, -0.05) is 12.1 Å². The Bertz CT molecular complexity index is 894. The summed E-state index contributed by atoms with van der Waals surface area (Å²) in [4.78, 5) is 24.3. The van der Waals surface area contributed by atoms with Crippen molar-refractivity contribution in [3.8, 4) is 11.5 Å². The largest absolute Gasteiger partial charge is 0.497 e. The van der Waals surface area contributed by atoms with Gasteiger partial charge in [0.2, 0.25) is 5.91 Å². The second-order valence-corrected chi connectivity index (χ2v) is 7.55. The van der Waals surface area contributed by atoms with Crippen LogP contribution in [0, 0.1) is 5.92 Å². The van der Waals surface area contributed by atoms with Crippen LogP contribution in [0.5, 0.6) is 11.5 Å². The number of methoxy groups -OCH3 is 2. The van der Waals surface area contributed by atoms with Crippen molar-refractivity contribution in [3.05, 3.63) is 53.6 Å². The van der Waals surface area contributed by atoms with Crippen molar-refractivity contribution in [2.75, 3.05) is 19.5 Å². The monoisotopic (exact) mass is 411 g/mol. The number of carbonyl (C=O) groups is 2. The van der Waals surface area contributed by atoms with Gasteiger partial charge in [-0.3, -0.25) is 4.79 Å². The van der Waals surface area contributed by atoms with Gasteiger partial charge in [0.1, 0.15) is 11.5 Å². The van der Waals surface area contributed by atoms with E-state index in [-0.39, 0.29) is 29.9 Å². The molecule has 7 nitrogen and oxygen atoms in total. The molecule has 1 aliphatic carbocycles. The fourth-order valence-corrected chi connectivity index (χ4v) is 3.22. The molecule has 2 atom stereocenters. The third-order valence-corrected chi connectivity index (χ3v) is 5.23. The zero-order chi connectivity index (χ0) is 21.7. The number of amides is 3. The Morgan fingerprint density at radius 2 is 1.60 bits per heavy atom. The normalized spacial score (nSPS) is 14.9. The average molecular weight is 412 g/mol. The number of carbonyl (C=O) groups excluding carboxylic acids is 2. The lowest BCUT2D eigenvalue weighted by atomic mass is 10.1. The first-order chi connectivity index (χ1) is 14.4. The average Bonchev–Trinajstić information content (AvgIpc) is 3.59. The molecule has 0 saturated heterocycles. The number of rotatable bonds is 8. The van der Waals surface area contributed by atoms with E-state index in [0.717, 1.165) is 29.7 Å². The summed E-state index contributed by atoms with van der Waals surface area (Å²) in [5.41, 5.74) is 2.58. The molecular weight excluding hydrogens is 382 g/mol. The highest BCUT2D eigenvalue weighted by atomic mass is 16.5. The minimum Gasteiger partial charge on any atom is -0.497 e. The third kappa shape index (κ3) is 5.43. The van der Waals surface area contributed by atoms with Crippen molar-refractivity contribution in [2.45, 2.75) is 38.8 Å². The van der Waals surface area contributed by atoms with E-state index in [4.69, 9.17) is 9.47 Å². The molecule has 0 bridgehead atoms. The van der Waals surface area contributed by atoms with Crippen LogP contribution >= 0.6 is 0 Å². The molecule has 0 radical (unpaired) electrons. The van der Waals surface area contributed by atoms with Crippen LogP contribution in [0.4, 0.5) is 10.5 Å². The lowest BCUT2D eigenvalue weighted by Gasteiger charge is -2.20. The second-order valence-electron chi connectivity index (χ2n) is 7.55. The van der Waals surface area contributed by atoms with E-state index in [1.54, 1.807) is 20.3 Å². The van der Waals surface area contributed by atoms with Crippen LogP contribution in [0.15, 0.2) is 42.5 Å². The maximum atomic E-state index is 12.5. The highest BCUT2D eigenvalue weighted by Crippen LogP contribution is 2.31. The summed E-state index contributed by atoms with van der Waals surface area (Å²) in [6, 6.07) is 12.3. The number of benzene rings is 2. The van der Waals surface area contributed by atoms with Gasteiger partial charge in [-0.15, -0.1) is 0 Å². The van der Waals surface area contributed by atoms with E-state index >= 15 is 0 Å². The van der Waals surface area contributed by atoms with E-state index in [2.05, 4.69) is 16.0 Å². The van der Waals surface area contributed by atoms with E-state index in [1.165, 1.54) is 0 Å². The number of hydrogen-bond donors (Lipinski definition) is 3. The van der Waals surface area contributed by atoms with Crippen LogP contribution in [0.25, 0.3) is 0 Å². The fraction of sp³-hybridized carbons (Fsp3) is 0.391. The van der Waals surface area contributed by atoms with Gasteiger partial charge in [0, 0.05) is 23.2 Å². The van der Waals surface area contributed by atoms with Crippen LogP contribution < -0.4 is 25.4 Å². The Morgan fingerprint density at radius 1 is 0.933 bits per heavy atom. The zero-order valence-corrected chi connectivity index (χ0v) is 17.8. The van der Waals surface area contributed by atoms with Gasteiger partial charge in [0.25, 0.3) is 0 Å². The Labute approximate surface area is 177 Å². The molecule has 3 amide bonds. The van der Waals surface area contributed by atoms with Crippen molar-refractivity contribution in [2.24, 2.45) is 5.92 Å². The molecule has 30 heavy (non-hydrogen) atoms. The molecule has 0 aromatic heterocycles. The maximum Gasteiger partial charge on any atom is 0.315 e. The molecule has 0 heterocycles. The quantitative estimate of drug-likeness (QED) is 0.608. The summed E-state index contributed by atoms with van der Waals surface area (Å²) in [5.74, 6) is 1.59. The third-order valence-electron chi connectivity index (χ3n) is 5.23. The van der Waals surface area contributed by atoms with Crippen LogP contribution in [0.2, 0.25) is 0 Å². The summed E-state index contributed by atoms with van der Waals surface area (Å²) in [6.07, 6.45) is 1.95. The van der Waals surface area contributed by atoms with Crippen LogP contribution in [-0.4, -0.2) is 26.2 Å². The van der Waals surface area contributed by atoms with Gasteiger partial charge in [-0.2, -0.15) is 0 Å². The van der Waals surface area contributed by atoms with E-state index < -0.39 is 0 Å². The number of ether oxygens (including phenoxy) is 2. The number of hydrogen-bond acceptors (Lipinski definition) is 4. The van der Waals surface area contributed by atoms with Crippen LogP contribution in [0.1, 0.15) is 49.9 Å². The Hall–Kier alpha value is -3.22. The minimum atomic E-state index is -0.279. The van der Waals surface area contributed by atoms with Gasteiger partial charge in [-0.25, -0.2) is 4.79 Å². The maximum absolute atomic E-state index is 12.5.